The Bertz CT molecular complexity index is 652. The number of hydrogen-bond donors (Lipinski definition) is 3. The van der Waals surface area contributed by atoms with E-state index in [0.717, 1.165) is 25.3 Å². The van der Waals surface area contributed by atoms with E-state index in [9.17, 15) is 23.1 Å². The van der Waals surface area contributed by atoms with E-state index in [2.05, 4.69) is 5.32 Å². The molecule has 0 heterocycles. The number of aliphatic hydroxyl groups is 2. The molecular weight excluding hydrogens is 349 g/mol. The number of hydrogen-bond acceptors (Lipinski definition) is 4. The van der Waals surface area contributed by atoms with Crippen molar-refractivity contribution in [2.75, 3.05) is 11.9 Å². The van der Waals surface area contributed by atoms with Gasteiger partial charge in [0.2, 0.25) is 0 Å². The van der Waals surface area contributed by atoms with Gasteiger partial charge in [-0.05, 0) is 38.0 Å². The van der Waals surface area contributed by atoms with Gasteiger partial charge in [0.15, 0.2) is 0 Å². The summed E-state index contributed by atoms with van der Waals surface area (Å²) in [6.45, 7) is 1.44. The van der Waals surface area contributed by atoms with E-state index in [0.29, 0.717) is 18.9 Å². The number of carbonyl (C=O) groups excluding carboxylic acids is 1. The molecule has 1 aromatic carbocycles. The Balaban J connectivity index is 2.70. The maximum Gasteiger partial charge on any atom is 0.417 e. The number of amides is 1. The van der Waals surface area contributed by atoms with E-state index >= 15 is 0 Å². The number of alkyl halides is 3. The number of unbranched alkanes of at least 4 members (excludes halogenated alkanes) is 4. The highest BCUT2D eigenvalue weighted by molar-refractivity contribution is 5.96. The smallest absolute Gasteiger partial charge is 0.396 e. The first-order valence-electron chi connectivity index (χ1n) is 8.38. The molecular formula is C18H23F3N2O3. The van der Waals surface area contributed by atoms with Gasteiger partial charge in [-0.25, -0.2) is 0 Å². The third-order valence-corrected chi connectivity index (χ3v) is 4.01. The van der Waals surface area contributed by atoms with E-state index < -0.39 is 28.8 Å². The quantitative estimate of drug-likeness (QED) is 0.578. The largest absolute Gasteiger partial charge is 0.417 e. The Morgan fingerprint density at radius 1 is 1.19 bits per heavy atom. The second-order valence-corrected chi connectivity index (χ2v) is 6.34. The van der Waals surface area contributed by atoms with E-state index in [1.807, 2.05) is 0 Å². The standard InChI is InChI=1S/C18H23F3N2O3/c1-17(26,9-5-3-2-4-6-10-24)16(25)23-14-8-7-13(12-22)15(11-14)18(19,20)21/h7-8,11,24,26H,2-6,9-10H2,1H3,(H,23,25). The molecule has 0 saturated heterocycles. The second-order valence-electron chi connectivity index (χ2n) is 6.34. The van der Waals surface area contributed by atoms with Crippen molar-refractivity contribution in [1.29, 1.82) is 5.26 Å². The normalized spacial score (nSPS) is 13.7. The fourth-order valence-electron chi connectivity index (χ4n) is 2.44. The van der Waals surface area contributed by atoms with E-state index in [4.69, 9.17) is 10.4 Å². The summed E-state index contributed by atoms with van der Waals surface area (Å²) < 4.78 is 38.9. The summed E-state index contributed by atoms with van der Waals surface area (Å²) in [5, 5.41) is 30.0. The molecule has 0 bridgehead atoms. The molecule has 0 fully saturated rings. The fourth-order valence-corrected chi connectivity index (χ4v) is 2.44. The molecule has 1 amide bonds. The summed E-state index contributed by atoms with van der Waals surface area (Å²) in [5.41, 5.74) is -3.53. The van der Waals surface area contributed by atoms with Crippen LogP contribution in [0, 0.1) is 11.3 Å². The van der Waals surface area contributed by atoms with Crippen molar-refractivity contribution in [2.24, 2.45) is 0 Å². The summed E-state index contributed by atoms with van der Waals surface area (Å²) in [7, 11) is 0. The van der Waals surface area contributed by atoms with Crippen molar-refractivity contribution in [3.63, 3.8) is 0 Å². The fraction of sp³-hybridized carbons (Fsp3) is 0.556. The van der Waals surface area contributed by atoms with Crippen LogP contribution in [0.2, 0.25) is 0 Å². The van der Waals surface area contributed by atoms with Gasteiger partial charge in [0.05, 0.1) is 17.2 Å². The van der Waals surface area contributed by atoms with Gasteiger partial charge >= 0.3 is 6.18 Å². The molecule has 0 aliphatic rings. The molecule has 1 atom stereocenters. The zero-order valence-electron chi connectivity index (χ0n) is 14.6. The molecule has 3 N–H and O–H groups in total. The molecule has 0 aliphatic carbocycles. The van der Waals surface area contributed by atoms with E-state index in [1.54, 1.807) is 0 Å². The zero-order chi connectivity index (χ0) is 19.8. The Labute approximate surface area is 150 Å². The van der Waals surface area contributed by atoms with E-state index in [-0.39, 0.29) is 18.7 Å². The molecule has 144 valence electrons. The van der Waals surface area contributed by atoms with Crippen LogP contribution >= 0.6 is 0 Å². The third kappa shape index (κ3) is 6.65. The van der Waals surface area contributed by atoms with E-state index in [1.165, 1.54) is 19.1 Å². The molecule has 1 unspecified atom stereocenters. The zero-order valence-corrected chi connectivity index (χ0v) is 14.6. The summed E-state index contributed by atoms with van der Waals surface area (Å²) >= 11 is 0. The molecule has 0 spiro atoms. The highest BCUT2D eigenvalue weighted by Crippen LogP contribution is 2.33. The van der Waals surface area contributed by atoms with Gasteiger partial charge in [-0.3, -0.25) is 4.79 Å². The lowest BCUT2D eigenvalue weighted by Crippen LogP contribution is -2.40. The number of benzene rings is 1. The lowest BCUT2D eigenvalue weighted by molar-refractivity contribution is -0.138. The van der Waals surface area contributed by atoms with Crippen molar-refractivity contribution < 1.29 is 28.2 Å². The van der Waals surface area contributed by atoms with Gasteiger partial charge in [-0.15, -0.1) is 0 Å². The molecule has 26 heavy (non-hydrogen) atoms. The van der Waals surface area contributed by atoms with Crippen molar-refractivity contribution in [3.8, 4) is 6.07 Å². The molecule has 0 radical (unpaired) electrons. The predicted octanol–water partition coefficient (Wildman–Crippen LogP) is 3.60. The molecule has 1 aromatic rings. The highest BCUT2D eigenvalue weighted by atomic mass is 19.4. The number of halogens is 3. The third-order valence-electron chi connectivity index (χ3n) is 4.01. The van der Waals surface area contributed by atoms with Gasteiger partial charge < -0.3 is 15.5 Å². The lowest BCUT2D eigenvalue weighted by atomic mass is 9.96. The minimum atomic E-state index is -4.72. The van der Waals surface area contributed by atoms with Crippen LogP contribution in [0.15, 0.2) is 18.2 Å². The Morgan fingerprint density at radius 2 is 1.81 bits per heavy atom. The molecule has 1 rings (SSSR count). The first-order chi connectivity index (χ1) is 12.1. The Kier molecular flexibility index (Phi) is 8.06. The molecule has 0 aromatic heterocycles. The minimum Gasteiger partial charge on any atom is -0.396 e. The maximum absolute atomic E-state index is 13.0. The van der Waals surface area contributed by atoms with Crippen LogP contribution in [0.1, 0.15) is 56.6 Å². The monoisotopic (exact) mass is 372 g/mol. The number of nitrogens with one attached hydrogen (secondary N) is 1. The van der Waals surface area contributed by atoms with Gasteiger partial charge in [-0.1, -0.05) is 25.7 Å². The number of carbonyl (C=O) groups is 1. The van der Waals surface area contributed by atoms with Crippen molar-refractivity contribution in [2.45, 2.75) is 57.2 Å². The number of anilines is 1. The highest BCUT2D eigenvalue weighted by Gasteiger charge is 2.35. The molecule has 0 aliphatic heterocycles. The summed E-state index contributed by atoms with van der Waals surface area (Å²) in [4.78, 5) is 12.2. The Hall–Kier alpha value is -2.11. The number of aliphatic hydroxyl groups excluding tert-OH is 1. The van der Waals surface area contributed by atoms with Crippen LogP contribution in [0.5, 0.6) is 0 Å². The van der Waals surface area contributed by atoms with Crippen LogP contribution in [0.25, 0.3) is 0 Å². The van der Waals surface area contributed by atoms with Gasteiger partial charge in [0, 0.05) is 12.3 Å². The van der Waals surface area contributed by atoms with Crippen LogP contribution in [0.3, 0.4) is 0 Å². The molecule has 0 saturated carbocycles. The second kappa shape index (κ2) is 9.55. The molecule has 8 heteroatoms. The van der Waals surface area contributed by atoms with Gasteiger partial charge in [0.25, 0.3) is 5.91 Å². The van der Waals surface area contributed by atoms with Crippen LogP contribution < -0.4 is 5.32 Å². The number of rotatable bonds is 9. The van der Waals surface area contributed by atoms with Crippen molar-refractivity contribution in [1.82, 2.24) is 0 Å². The average molecular weight is 372 g/mol. The maximum atomic E-state index is 13.0. The van der Waals surface area contributed by atoms with Crippen LogP contribution in [-0.2, 0) is 11.0 Å². The van der Waals surface area contributed by atoms with Crippen LogP contribution in [-0.4, -0.2) is 28.3 Å². The lowest BCUT2D eigenvalue weighted by Gasteiger charge is -2.22. The first kappa shape index (κ1) is 21.9. The summed E-state index contributed by atoms with van der Waals surface area (Å²) in [6, 6.07) is 4.32. The van der Waals surface area contributed by atoms with Gasteiger partial charge in [-0.2, -0.15) is 18.4 Å². The van der Waals surface area contributed by atoms with Crippen molar-refractivity contribution in [3.05, 3.63) is 29.3 Å². The SMILES string of the molecule is CC(O)(CCCCCCCO)C(=O)Nc1ccc(C#N)c(C(F)(F)F)c1. The molecule has 5 nitrogen and oxygen atoms in total. The number of nitrogens with zero attached hydrogens (tertiary/aromatic N) is 1. The van der Waals surface area contributed by atoms with Crippen LogP contribution in [0.4, 0.5) is 18.9 Å². The number of nitriles is 1. The predicted molar refractivity (Wildman–Crippen MR) is 90.2 cm³/mol. The summed E-state index contributed by atoms with van der Waals surface area (Å²) in [6.07, 6.45) is -0.773. The average Bonchev–Trinajstić information content (AvgIpc) is 2.57. The Morgan fingerprint density at radius 3 is 2.38 bits per heavy atom. The minimum absolute atomic E-state index is 0.130. The van der Waals surface area contributed by atoms with Gasteiger partial charge in [0.1, 0.15) is 5.60 Å². The first-order valence-corrected chi connectivity index (χ1v) is 8.38. The topological polar surface area (TPSA) is 93.3 Å². The summed E-state index contributed by atoms with van der Waals surface area (Å²) in [5.74, 6) is -0.800. The van der Waals surface area contributed by atoms with Crippen molar-refractivity contribution >= 4 is 11.6 Å².